The lowest BCUT2D eigenvalue weighted by atomic mass is 10.2. The maximum absolute atomic E-state index is 12.1. The Labute approximate surface area is 153 Å². The van der Waals surface area contributed by atoms with Gasteiger partial charge in [-0.15, -0.1) is 5.10 Å². The normalized spacial score (nSPS) is 10.6. The summed E-state index contributed by atoms with van der Waals surface area (Å²) in [5, 5.41) is 24.5. The molecule has 9 heteroatoms. The van der Waals surface area contributed by atoms with Gasteiger partial charge in [0.25, 0.3) is 0 Å². The average Bonchev–Trinajstić information content (AvgIpc) is 3.05. The van der Waals surface area contributed by atoms with Crippen molar-refractivity contribution in [2.45, 2.75) is 12.1 Å². The summed E-state index contributed by atoms with van der Waals surface area (Å²) in [5.74, 6) is 0.0687. The van der Waals surface area contributed by atoms with E-state index in [1.165, 1.54) is 28.6 Å². The number of nitrogens with one attached hydrogen (secondary N) is 1. The van der Waals surface area contributed by atoms with Crippen LogP contribution in [0.4, 0.5) is 5.69 Å². The standard InChI is InChI=1S/C16H14ClN5O2S/c1-10-2-7-14(13(17)8-10)18-15(24)9-25-16-19-20-21-22(16)11-3-5-12(23)6-4-11/h2-8,23H,9H2,1H3,(H,18,24). The zero-order chi connectivity index (χ0) is 17.8. The highest BCUT2D eigenvalue weighted by molar-refractivity contribution is 7.99. The van der Waals surface area contributed by atoms with Gasteiger partial charge in [-0.3, -0.25) is 4.79 Å². The topological polar surface area (TPSA) is 92.9 Å². The second kappa shape index (κ2) is 7.54. The lowest BCUT2D eigenvalue weighted by molar-refractivity contribution is -0.113. The Kier molecular flexibility index (Phi) is 5.20. The van der Waals surface area contributed by atoms with E-state index in [1.54, 1.807) is 24.3 Å². The van der Waals surface area contributed by atoms with Crippen LogP contribution in [0.25, 0.3) is 5.69 Å². The molecule has 1 aromatic heterocycles. The second-order valence-corrected chi connectivity index (χ2v) is 6.56. The number of thioether (sulfide) groups is 1. The summed E-state index contributed by atoms with van der Waals surface area (Å²) >= 11 is 7.31. The number of aromatic hydroxyl groups is 1. The Balaban J connectivity index is 1.65. The van der Waals surface area contributed by atoms with E-state index >= 15 is 0 Å². The third kappa shape index (κ3) is 4.28. The van der Waals surface area contributed by atoms with Crippen LogP contribution in [0, 0.1) is 6.92 Å². The number of rotatable bonds is 5. The molecule has 3 rings (SSSR count). The summed E-state index contributed by atoms with van der Waals surface area (Å²) in [5.41, 5.74) is 2.27. The number of hydrogen-bond donors (Lipinski definition) is 2. The van der Waals surface area contributed by atoms with Gasteiger partial charge in [0.15, 0.2) is 0 Å². The van der Waals surface area contributed by atoms with Crippen molar-refractivity contribution in [2.75, 3.05) is 11.1 Å². The molecule has 0 bridgehead atoms. The molecule has 2 aromatic carbocycles. The number of halogens is 1. The van der Waals surface area contributed by atoms with Crippen molar-refractivity contribution in [2.24, 2.45) is 0 Å². The molecule has 128 valence electrons. The molecule has 0 saturated carbocycles. The molecular formula is C16H14ClN5O2S. The Morgan fingerprint density at radius 3 is 2.76 bits per heavy atom. The number of tetrazole rings is 1. The van der Waals surface area contributed by atoms with Crippen molar-refractivity contribution < 1.29 is 9.90 Å². The molecule has 0 aliphatic carbocycles. The fourth-order valence-corrected chi connectivity index (χ4v) is 3.04. The molecule has 0 radical (unpaired) electrons. The third-order valence-corrected chi connectivity index (χ3v) is 4.50. The molecule has 0 saturated heterocycles. The van der Waals surface area contributed by atoms with Gasteiger partial charge >= 0.3 is 0 Å². The van der Waals surface area contributed by atoms with Crippen molar-refractivity contribution >= 4 is 35.0 Å². The van der Waals surface area contributed by atoms with Gasteiger partial charge in [0.05, 0.1) is 22.2 Å². The minimum absolute atomic E-state index is 0.128. The highest BCUT2D eigenvalue weighted by Crippen LogP contribution is 2.24. The molecule has 7 nitrogen and oxygen atoms in total. The molecule has 0 atom stereocenters. The number of carbonyl (C=O) groups is 1. The molecule has 0 spiro atoms. The maximum Gasteiger partial charge on any atom is 0.234 e. The van der Waals surface area contributed by atoms with Gasteiger partial charge in [-0.1, -0.05) is 29.4 Å². The Morgan fingerprint density at radius 1 is 1.28 bits per heavy atom. The van der Waals surface area contributed by atoms with E-state index in [0.29, 0.717) is 21.6 Å². The number of amides is 1. The molecule has 0 aliphatic heterocycles. The first-order valence-corrected chi connectivity index (χ1v) is 8.66. The summed E-state index contributed by atoms with van der Waals surface area (Å²) < 4.78 is 1.50. The number of aryl methyl sites for hydroxylation is 1. The van der Waals surface area contributed by atoms with Gasteiger partial charge in [0, 0.05) is 0 Å². The van der Waals surface area contributed by atoms with Crippen LogP contribution in [-0.2, 0) is 4.79 Å². The van der Waals surface area contributed by atoms with Crippen LogP contribution in [0.15, 0.2) is 47.6 Å². The van der Waals surface area contributed by atoms with Crippen molar-refractivity contribution in [1.29, 1.82) is 0 Å². The van der Waals surface area contributed by atoms with Crippen LogP contribution < -0.4 is 5.32 Å². The predicted molar refractivity (Wildman–Crippen MR) is 96.4 cm³/mol. The lowest BCUT2D eigenvalue weighted by Crippen LogP contribution is -2.15. The molecule has 3 aromatic rings. The monoisotopic (exact) mass is 375 g/mol. The SMILES string of the molecule is Cc1ccc(NC(=O)CSc2nnnn2-c2ccc(O)cc2)c(Cl)c1. The summed E-state index contributed by atoms with van der Waals surface area (Å²) in [4.78, 5) is 12.1. The molecule has 1 amide bonds. The molecule has 25 heavy (non-hydrogen) atoms. The van der Waals surface area contributed by atoms with Crippen LogP contribution in [-0.4, -0.2) is 37.0 Å². The van der Waals surface area contributed by atoms with E-state index < -0.39 is 0 Å². The number of benzene rings is 2. The molecular weight excluding hydrogens is 362 g/mol. The molecule has 2 N–H and O–H groups in total. The fraction of sp³-hybridized carbons (Fsp3) is 0.125. The number of aromatic nitrogens is 4. The van der Waals surface area contributed by atoms with E-state index in [1.807, 2.05) is 13.0 Å². The zero-order valence-corrected chi connectivity index (χ0v) is 14.8. The van der Waals surface area contributed by atoms with Crippen LogP contribution >= 0.6 is 23.4 Å². The second-order valence-electron chi connectivity index (χ2n) is 5.21. The van der Waals surface area contributed by atoms with Crippen LogP contribution in [0.3, 0.4) is 0 Å². The Hall–Kier alpha value is -2.58. The highest BCUT2D eigenvalue weighted by Gasteiger charge is 2.12. The minimum Gasteiger partial charge on any atom is -0.508 e. The van der Waals surface area contributed by atoms with E-state index in [0.717, 1.165) is 5.56 Å². The number of phenolic OH excluding ortho intramolecular Hbond substituents is 1. The smallest absolute Gasteiger partial charge is 0.234 e. The van der Waals surface area contributed by atoms with Crippen LogP contribution in [0.1, 0.15) is 5.56 Å². The van der Waals surface area contributed by atoms with Gasteiger partial charge in [-0.05, 0) is 59.3 Å². The number of anilines is 1. The van der Waals surface area contributed by atoms with Crippen molar-refractivity contribution in [3.05, 3.63) is 53.1 Å². The zero-order valence-electron chi connectivity index (χ0n) is 13.2. The number of nitrogens with zero attached hydrogens (tertiary/aromatic N) is 4. The highest BCUT2D eigenvalue weighted by atomic mass is 35.5. The molecule has 0 fully saturated rings. The average molecular weight is 376 g/mol. The van der Waals surface area contributed by atoms with Crippen molar-refractivity contribution in [1.82, 2.24) is 20.2 Å². The van der Waals surface area contributed by atoms with E-state index in [2.05, 4.69) is 20.8 Å². The van der Waals surface area contributed by atoms with Gasteiger partial charge in [-0.2, -0.15) is 4.68 Å². The largest absolute Gasteiger partial charge is 0.508 e. The van der Waals surface area contributed by atoms with Gasteiger partial charge in [0.2, 0.25) is 11.1 Å². The summed E-state index contributed by atoms with van der Waals surface area (Å²) in [6, 6.07) is 11.9. The first-order chi connectivity index (χ1) is 12.0. The van der Waals surface area contributed by atoms with Crippen LogP contribution in [0.2, 0.25) is 5.02 Å². The summed E-state index contributed by atoms with van der Waals surface area (Å²) in [7, 11) is 0. The number of hydrogen-bond acceptors (Lipinski definition) is 6. The summed E-state index contributed by atoms with van der Waals surface area (Å²) in [6.45, 7) is 1.93. The van der Waals surface area contributed by atoms with Crippen molar-refractivity contribution in [3.8, 4) is 11.4 Å². The van der Waals surface area contributed by atoms with E-state index in [4.69, 9.17) is 11.6 Å². The van der Waals surface area contributed by atoms with Crippen molar-refractivity contribution in [3.63, 3.8) is 0 Å². The van der Waals surface area contributed by atoms with E-state index in [9.17, 15) is 9.90 Å². The van der Waals surface area contributed by atoms with Gasteiger partial charge < -0.3 is 10.4 Å². The minimum atomic E-state index is -0.212. The van der Waals surface area contributed by atoms with Gasteiger partial charge in [0.1, 0.15) is 5.75 Å². The first-order valence-electron chi connectivity index (χ1n) is 7.29. The Bertz CT molecular complexity index is 898. The summed E-state index contributed by atoms with van der Waals surface area (Å²) in [6.07, 6.45) is 0. The predicted octanol–water partition coefficient (Wildman–Crippen LogP) is 3.06. The first kappa shape index (κ1) is 17.2. The number of carbonyl (C=O) groups excluding carboxylic acids is 1. The Morgan fingerprint density at radius 2 is 2.04 bits per heavy atom. The molecule has 1 heterocycles. The molecule has 0 unspecified atom stereocenters. The quantitative estimate of drug-likeness (QED) is 0.666. The number of phenols is 1. The van der Waals surface area contributed by atoms with E-state index in [-0.39, 0.29) is 17.4 Å². The molecule has 0 aliphatic rings. The van der Waals surface area contributed by atoms with Gasteiger partial charge in [-0.25, -0.2) is 0 Å². The van der Waals surface area contributed by atoms with Crippen LogP contribution in [0.5, 0.6) is 5.75 Å². The third-order valence-electron chi connectivity index (χ3n) is 3.27. The maximum atomic E-state index is 12.1. The fourth-order valence-electron chi connectivity index (χ4n) is 2.06. The lowest BCUT2D eigenvalue weighted by Gasteiger charge is -2.08.